The molecule has 4 rings (SSSR count). The monoisotopic (exact) mass is 434 g/mol. The van der Waals surface area contributed by atoms with Crippen molar-refractivity contribution in [2.45, 2.75) is 39.0 Å². The Kier molecular flexibility index (Phi) is 5.44. The first-order chi connectivity index (χ1) is 14.2. The Labute approximate surface area is 176 Å². The number of likely N-dealkylation sites (tertiary alicyclic amines) is 1. The number of aromatic nitrogens is 1. The fourth-order valence-corrected chi connectivity index (χ4v) is 4.65. The Bertz CT molecular complexity index is 1050. The van der Waals surface area contributed by atoms with Crippen molar-refractivity contribution in [3.05, 3.63) is 58.7 Å². The number of hydrogen-bond acceptors (Lipinski definition) is 4. The summed E-state index contributed by atoms with van der Waals surface area (Å²) in [5.41, 5.74) is 2.45. The molecule has 158 valence electrons. The molecule has 1 amide bonds. The summed E-state index contributed by atoms with van der Waals surface area (Å²) in [6.45, 7) is 4.93. The average molecular weight is 434 g/mol. The molecule has 2 heterocycles. The van der Waals surface area contributed by atoms with Crippen LogP contribution < -0.4 is 4.74 Å². The minimum absolute atomic E-state index is 0.0568. The van der Waals surface area contributed by atoms with Crippen LogP contribution in [-0.2, 0) is 6.18 Å². The van der Waals surface area contributed by atoms with Gasteiger partial charge in [0.1, 0.15) is 6.10 Å². The van der Waals surface area contributed by atoms with Crippen LogP contribution >= 0.6 is 11.3 Å². The third-order valence-corrected chi connectivity index (χ3v) is 6.44. The number of halogens is 3. The van der Waals surface area contributed by atoms with E-state index in [4.69, 9.17) is 4.74 Å². The normalized spacial score (nSPS) is 15.6. The van der Waals surface area contributed by atoms with E-state index in [1.807, 2.05) is 19.9 Å². The van der Waals surface area contributed by atoms with Crippen LogP contribution in [0.5, 0.6) is 5.19 Å². The molecule has 4 nitrogen and oxygen atoms in total. The van der Waals surface area contributed by atoms with Crippen LogP contribution in [0.1, 0.15) is 39.9 Å². The number of thiazole rings is 1. The van der Waals surface area contributed by atoms with Crippen molar-refractivity contribution in [3.8, 4) is 5.19 Å². The molecule has 8 heteroatoms. The number of alkyl halides is 3. The highest BCUT2D eigenvalue weighted by molar-refractivity contribution is 7.20. The van der Waals surface area contributed by atoms with Crippen LogP contribution in [0.25, 0.3) is 10.2 Å². The summed E-state index contributed by atoms with van der Waals surface area (Å²) in [7, 11) is 0. The van der Waals surface area contributed by atoms with E-state index in [0.29, 0.717) is 31.1 Å². The van der Waals surface area contributed by atoms with Gasteiger partial charge < -0.3 is 9.64 Å². The number of fused-ring (bicyclic) bond motifs is 1. The van der Waals surface area contributed by atoms with Gasteiger partial charge in [0.15, 0.2) is 0 Å². The van der Waals surface area contributed by atoms with E-state index in [9.17, 15) is 18.0 Å². The maximum absolute atomic E-state index is 12.9. The molecule has 1 aromatic heterocycles. The van der Waals surface area contributed by atoms with E-state index in [0.717, 1.165) is 33.5 Å². The molecule has 0 aliphatic carbocycles. The molecule has 3 aromatic rings. The van der Waals surface area contributed by atoms with Crippen molar-refractivity contribution in [3.63, 3.8) is 0 Å². The van der Waals surface area contributed by atoms with Crippen molar-refractivity contribution in [1.82, 2.24) is 9.88 Å². The van der Waals surface area contributed by atoms with Gasteiger partial charge in [-0.2, -0.15) is 13.2 Å². The minimum Gasteiger partial charge on any atom is -0.467 e. The molecular weight excluding hydrogens is 413 g/mol. The van der Waals surface area contributed by atoms with Crippen molar-refractivity contribution < 1.29 is 22.7 Å². The van der Waals surface area contributed by atoms with Gasteiger partial charge in [0.2, 0.25) is 0 Å². The van der Waals surface area contributed by atoms with Crippen molar-refractivity contribution >= 4 is 27.5 Å². The second-order valence-corrected chi connectivity index (χ2v) is 8.51. The molecule has 1 aliphatic heterocycles. The molecule has 0 spiro atoms. The van der Waals surface area contributed by atoms with E-state index in [1.54, 1.807) is 4.90 Å². The number of ether oxygens (including phenoxy) is 1. The maximum atomic E-state index is 12.9. The van der Waals surface area contributed by atoms with E-state index in [1.165, 1.54) is 23.5 Å². The van der Waals surface area contributed by atoms with E-state index in [-0.39, 0.29) is 17.6 Å². The van der Waals surface area contributed by atoms with E-state index < -0.39 is 11.7 Å². The molecule has 2 aromatic carbocycles. The lowest BCUT2D eigenvalue weighted by Crippen LogP contribution is -2.41. The number of hydrogen-bond donors (Lipinski definition) is 0. The van der Waals surface area contributed by atoms with Gasteiger partial charge in [-0.15, -0.1) is 0 Å². The lowest BCUT2D eigenvalue weighted by molar-refractivity contribution is -0.137. The molecule has 1 fully saturated rings. The first kappa shape index (κ1) is 20.7. The SMILES string of the molecule is Cc1ccc(C)c2sc(OC3CCN(C(=O)c4cccc(C(F)(F)F)c4)CC3)nc12. The summed E-state index contributed by atoms with van der Waals surface area (Å²) < 4.78 is 45.9. The van der Waals surface area contributed by atoms with Gasteiger partial charge in [-0.25, -0.2) is 4.98 Å². The summed E-state index contributed by atoms with van der Waals surface area (Å²) in [5.74, 6) is -0.384. The third-order valence-electron chi connectivity index (χ3n) is 5.36. The third kappa shape index (κ3) is 4.14. The zero-order valence-electron chi connectivity index (χ0n) is 16.6. The summed E-state index contributed by atoms with van der Waals surface area (Å²) in [6.07, 6.45) is -3.32. The molecule has 0 atom stereocenters. The van der Waals surface area contributed by atoms with Crippen molar-refractivity contribution in [2.75, 3.05) is 13.1 Å². The number of aryl methyl sites for hydroxylation is 2. The fourth-order valence-electron chi connectivity index (χ4n) is 3.62. The molecule has 0 unspecified atom stereocenters. The zero-order chi connectivity index (χ0) is 21.5. The maximum Gasteiger partial charge on any atom is 0.416 e. The number of nitrogens with zero attached hydrogens (tertiary/aromatic N) is 2. The molecule has 1 aliphatic rings. The lowest BCUT2D eigenvalue weighted by atomic mass is 10.0. The predicted molar refractivity (Wildman–Crippen MR) is 110 cm³/mol. The van der Waals surface area contributed by atoms with Gasteiger partial charge >= 0.3 is 6.18 Å². The summed E-state index contributed by atoms with van der Waals surface area (Å²) in [4.78, 5) is 18.8. The largest absolute Gasteiger partial charge is 0.467 e. The number of benzene rings is 2. The molecule has 0 bridgehead atoms. The second kappa shape index (κ2) is 7.91. The first-order valence-electron chi connectivity index (χ1n) is 9.72. The Balaban J connectivity index is 1.40. The Hall–Kier alpha value is -2.61. The Morgan fingerprint density at radius 2 is 1.83 bits per heavy atom. The van der Waals surface area contributed by atoms with Gasteiger partial charge in [0.05, 0.1) is 15.8 Å². The molecule has 1 saturated heterocycles. The van der Waals surface area contributed by atoms with Crippen LogP contribution in [-0.4, -0.2) is 35.0 Å². The highest BCUT2D eigenvalue weighted by atomic mass is 32.1. The average Bonchev–Trinajstić information content (AvgIpc) is 3.15. The zero-order valence-corrected chi connectivity index (χ0v) is 17.4. The lowest BCUT2D eigenvalue weighted by Gasteiger charge is -2.31. The summed E-state index contributed by atoms with van der Waals surface area (Å²) in [5, 5.41) is 0.616. The molecular formula is C22H21F3N2O2S. The molecule has 0 N–H and O–H groups in total. The van der Waals surface area contributed by atoms with Crippen LogP contribution in [0, 0.1) is 13.8 Å². The van der Waals surface area contributed by atoms with Crippen molar-refractivity contribution in [2.24, 2.45) is 0 Å². The number of piperidine rings is 1. The highest BCUT2D eigenvalue weighted by Gasteiger charge is 2.32. The summed E-state index contributed by atoms with van der Waals surface area (Å²) >= 11 is 1.52. The standard InChI is InChI=1S/C22H21F3N2O2S/c1-13-6-7-14(2)19-18(13)26-21(30-19)29-17-8-10-27(11-9-17)20(28)15-4-3-5-16(12-15)22(23,24)25/h3-7,12,17H,8-11H2,1-2H3. The van der Waals surface area contributed by atoms with Crippen LogP contribution in [0.2, 0.25) is 0 Å². The van der Waals surface area contributed by atoms with Crippen LogP contribution in [0.4, 0.5) is 13.2 Å². The Morgan fingerprint density at radius 3 is 2.50 bits per heavy atom. The van der Waals surface area contributed by atoms with Gasteiger partial charge in [-0.1, -0.05) is 29.5 Å². The number of rotatable bonds is 3. The molecule has 30 heavy (non-hydrogen) atoms. The van der Waals surface area contributed by atoms with Gasteiger partial charge in [-0.05, 0) is 43.2 Å². The second-order valence-electron chi connectivity index (χ2n) is 7.54. The van der Waals surface area contributed by atoms with Gasteiger partial charge in [-0.3, -0.25) is 4.79 Å². The van der Waals surface area contributed by atoms with E-state index >= 15 is 0 Å². The number of amides is 1. The number of carbonyl (C=O) groups excluding carboxylic acids is 1. The highest BCUT2D eigenvalue weighted by Crippen LogP contribution is 2.34. The quantitative estimate of drug-likeness (QED) is 0.538. The van der Waals surface area contributed by atoms with Gasteiger partial charge in [0.25, 0.3) is 11.1 Å². The topological polar surface area (TPSA) is 42.4 Å². The molecule has 0 radical (unpaired) electrons. The van der Waals surface area contributed by atoms with Crippen LogP contribution in [0.3, 0.4) is 0 Å². The van der Waals surface area contributed by atoms with Crippen LogP contribution in [0.15, 0.2) is 36.4 Å². The predicted octanol–water partition coefficient (Wildman–Crippen LogP) is 5.62. The Morgan fingerprint density at radius 1 is 1.13 bits per heavy atom. The minimum atomic E-state index is -4.47. The first-order valence-corrected chi connectivity index (χ1v) is 10.5. The molecule has 0 saturated carbocycles. The fraction of sp³-hybridized carbons (Fsp3) is 0.364. The smallest absolute Gasteiger partial charge is 0.416 e. The van der Waals surface area contributed by atoms with Crippen molar-refractivity contribution in [1.29, 1.82) is 0 Å². The van der Waals surface area contributed by atoms with E-state index in [2.05, 4.69) is 11.1 Å². The summed E-state index contributed by atoms with van der Waals surface area (Å²) in [6, 6.07) is 8.68. The van der Waals surface area contributed by atoms with Gasteiger partial charge in [0, 0.05) is 31.5 Å². The number of carbonyl (C=O) groups is 1.